The summed E-state index contributed by atoms with van der Waals surface area (Å²) in [5.74, 6) is 1.21. The number of halogens is 1. The number of hydrogen-bond donors (Lipinski definition) is 1. The summed E-state index contributed by atoms with van der Waals surface area (Å²) in [6.45, 7) is 10.7. The van der Waals surface area contributed by atoms with Gasteiger partial charge in [0.05, 0.1) is 19.0 Å². The monoisotopic (exact) mass is 529 g/mol. The van der Waals surface area contributed by atoms with Crippen LogP contribution >= 0.6 is 11.6 Å². The van der Waals surface area contributed by atoms with E-state index < -0.39 is 29.3 Å². The van der Waals surface area contributed by atoms with E-state index >= 15 is 0 Å². The Morgan fingerprint density at radius 1 is 0.919 bits per heavy atom. The van der Waals surface area contributed by atoms with Gasteiger partial charge in [-0.05, 0) is 95.3 Å². The first-order chi connectivity index (χ1) is 17.3. The summed E-state index contributed by atoms with van der Waals surface area (Å²) < 4.78 is 16.6. The van der Waals surface area contributed by atoms with Crippen molar-refractivity contribution in [1.29, 1.82) is 0 Å². The second kappa shape index (κ2) is 11.6. The Labute approximate surface area is 221 Å². The number of esters is 1. The van der Waals surface area contributed by atoms with E-state index in [1.807, 2.05) is 12.1 Å². The number of amides is 1. The molecular formula is C26H32ClN5O5. The minimum atomic E-state index is -0.692. The fourth-order valence-corrected chi connectivity index (χ4v) is 3.29. The Morgan fingerprint density at radius 3 is 2.05 bits per heavy atom. The van der Waals surface area contributed by atoms with E-state index in [0.717, 1.165) is 5.56 Å². The molecule has 3 aromatic rings. The van der Waals surface area contributed by atoms with Crippen molar-refractivity contribution >= 4 is 23.7 Å². The molecular weight excluding hydrogens is 498 g/mol. The Kier molecular flexibility index (Phi) is 8.75. The lowest BCUT2D eigenvalue weighted by Gasteiger charge is -2.24. The average Bonchev–Trinajstić information content (AvgIpc) is 3.21. The molecule has 10 nitrogen and oxygen atoms in total. The summed E-state index contributed by atoms with van der Waals surface area (Å²) in [4.78, 5) is 26.1. The molecule has 0 bridgehead atoms. The molecule has 0 aliphatic heterocycles. The quantitative estimate of drug-likeness (QED) is 0.385. The van der Waals surface area contributed by atoms with Crippen molar-refractivity contribution in [2.75, 3.05) is 0 Å². The zero-order valence-corrected chi connectivity index (χ0v) is 22.6. The van der Waals surface area contributed by atoms with Gasteiger partial charge in [0.25, 0.3) is 0 Å². The summed E-state index contributed by atoms with van der Waals surface area (Å²) in [6.07, 6.45) is -0.748. The van der Waals surface area contributed by atoms with E-state index in [4.69, 9.17) is 25.8 Å². The van der Waals surface area contributed by atoms with Crippen molar-refractivity contribution in [1.82, 2.24) is 25.5 Å². The zero-order valence-electron chi connectivity index (χ0n) is 21.8. The van der Waals surface area contributed by atoms with Crippen LogP contribution in [0.2, 0.25) is 5.02 Å². The molecule has 3 rings (SSSR count). The van der Waals surface area contributed by atoms with E-state index in [-0.39, 0.29) is 13.0 Å². The van der Waals surface area contributed by atoms with E-state index in [2.05, 4.69) is 20.7 Å². The molecule has 0 unspecified atom stereocenters. The van der Waals surface area contributed by atoms with Crippen molar-refractivity contribution in [3.05, 3.63) is 53.6 Å². The van der Waals surface area contributed by atoms with Gasteiger partial charge < -0.3 is 19.5 Å². The third-order valence-electron chi connectivity index (χ3n) is 4.55. The van der Waals surface area contributed by atoms with Gasteiger partial charge in [-0.1, -0.05) is 11.6 Å². The smallest absolute Gasteiger partial charge is 0.407 e. The molecule has 37 heavy (non-hydrogen) atoms. The van der Waals surface area contributed by atoms with Crippen molar-refractivity contribution in [3.63, 3.8) is 0 Å². The number of aromatic nitrogens is 4. The standard InChI is InChI=1S/C26H32ClN5O5/c1-25(2,3)36-22(33)15-19(28-24(34)37-26(4,5)6)16-32-30-23(29-31-32)17-7-11-20(12-8-17)35-21-13-9-18(27)10-14-21/h7-14,19H,15-16H2,1-6H3,(H,28,34)/t19-/m0/s1. The lowest BCUT2D eigenvalue weighted by molar-refractivity contribution is -0.155. The van der Waals surface area contributed by atoms with Crippen LogP contribution in [0.1, 0.15) is 48.0 Å². The summed E-state index contributed by atoms with van der Waals surface area (Å²) in [5.41, 5.74) is -0.628. The van der Waals surface area contributed by atoms with Crippen LogP contribution in [0.3, 0.4) is 0 Å². The summed E-state index contributed by atoms with van der Waals surface area (Å²) in [5, 5.41) is 15.9. The van der Waals surface area contributed by atoms with Gasteiger partial charge in [-0.3, -0.25) is 4.79 Å². The third-order valence-corrected chi connectivity index (χ3v) is 4.80. The highest BCUT2D eigenvalue weighted by molar-refractivity contribution is 6.30. The fraction of sp³-hybridized carbons (Fsp3) is 0.423. The topological polar surface area (TPSA) is 117 Å². The molecule has 0 saturated heterocycles. The first-order valence-corrected chi connectivity index (χ1v) is 12.2. The van der Waals surface area contributed by atoms with Gasteiger partial charge in [-0.2, -0.15) is 4.80 Å². The van der Waals surface area contributed by atoms with Crippen molar-refractivity contribution < 1.29 is 23.8 Å². The van der Waals surface area contributed by atoms with E-state index in [1.165, 1.54) is 4.80 Å². The number of benzene rings is 2. The van der Waals surface area contributed by atoms with Crippen LogP contribution < -0.4 is 10.1 Å². The Bertz CT molecular complexity index is 1170. The van der Waals surface area contributed by atoms with Gasteiger partial charge in [0.15, 0.2) is 0 Å². The van der Waals surface area contributed by atoms with E-state index in [0.29, 0.717) is 22.3 Å². The maximum Gasteiger partial charge on any atom is 0.407 e. The number of carbonyl (C=O) groups excluding carboxylic acids is 2. The van der Waals surface area contributed by atoms with Gasteiger partial charge in [0.1, 0.15) is 22.7 Å². The van der Waals surface area contributed by atoms with Crippen molar-refractivity contribution in [3.8, 4) is 22.9 Å². The highest BCUT2D eigenvalue weighted by Gasteiger charge is 2.25. The third kappa shape index (κ3) is 9.72. The van der Waals surface area contributed by atoms with E-state index in [1.54, 1.807) is 77.9 Å². The minimum Gasteiger partial charge on any atom is -0.460 e. The molecule has 1 aromatic heterocycles. The molecule has 0 fully saturated rings. The van der Waals surface area contributed by atoms with Gasteiger partial charge >= 0.3 is 12.1 Å². The number of rotatable bonds is 8. The number of alkyl carbamates (subject to hydrolysis) is 1. The summed E-state index contributed by atoms with van der Waals surface area (Å²) >= 11 is 5.91. The molecule has 2 aromatic carbocycles. The Balaban J connectivity index is 1.68. The normalized spacial score (nSPS) is 12.5. The highest BCUT2D eigenvalue weighted by atomic mass is 35.5. The lowest BCUT2D eigenvalue weighted by atomic mass is 10.1. The Morgan fingerprint density at radius 2 is 1.49 bits per heavy atom. The second-order valence-electron chi connectivity index (χ2n) is 10.4. The number of hydrogen-bond acceptors (Lipinski definition) is 8. The van der Waals surface area contributed by atoms with Crippen LogP contribution in [0, 0.1) is 0 Å². The predicted molar refractivity (Wildman–Crippen MR) is 138 cm³/mol. The second-order valence-corrected chi connectivity index (χ2v) is 10.8. The van der Waals surface area contributed by atoms with Gasteiger partial charge in [-0.15, -0.1) is 10.2 Å². The summed E-state index contributed by atoms with van der Waals surface area (Å²) in [7, 11) is 0. The maximum absolute atomic E-state index is 12.4. The number of nitrogens with zero attached hydrogens (tertiary/aromatic N) is 4. The zero-order chi connectivity index (χ0) is 27.2. The SMILES string of the molecule is CC(C)(C)OC(=O)C[C@@H](Cn1nnc(-c2ccc(Oc3ccc(Cl)cc3)cc2)n1)NC(=O)OC(C)(C)C. The molecule has 11 heteroatoms. The van der Waals surface area contributed by atoms with Crippen molar-refractivity contribution in [2.24, 2.45) is 0 Å². The molecule has 1 N–H and O–H groups in total. The number of carbonyl (C=O) groups is 2. The van der Waals surface area contributed by atoms with Crippen LogP contribution in [0.15, 0.2) is 48.5 Å². The molecule has 0 saturated carbocycles. The fourth-order valence-electron chi connectivity index (χ4n) is 3.16. The van der Waals surface area contributed by atoms with E-state index in [9.17, 15) is 9.59 Å². The van der Waals surface area contributed by atoms with Crippen LogP contribution in [-0.4, -0.2) is 49.5 Å². The molecule has 0 aliphatic carbocycles. The van der Waals surface area contributed by atoms with Crippen LogP contribution in [0.25, 0.3) is 11.4 Å². The lowest BCUT2D eigenvalue weighted by Crippen LogP contribution is -2.43. The van der Waals surface area contributed by atoms with Gasteiger partial charge in [0.2, 0.25) is 5.82 Å². The summed E-state index contributed by atoms with van der Waals surface area (Å²) in [6, 6.07) is 13.6. The number of nitrogens with one attached hydrogen (secondary N) is 1. The first-order valence-electron chi connectivity index (χ1n) is 11.8. The largest absolute Gasteiger partial charge is 0.460 e. The molecule has 0 spiro atoms. The molecule has 1 heterocycles. The van der Waals surface area contributed by atoms with Crippen molar-refractivity contribution in [2.45, 2.75) is 71.8 Å². The van der Waals surface area contributed by atoms with Crippen LogP contribution in [-0.2, 0) is 20.8 Å². The molecule has 198 valence electrons. The first kappa shape index (κ1) is 27.9. The molecule has 0 radical (unpaired) electrons. The molecule has 1 amide bonds. The molecule has 0 aliphatic rings. The highest BCUT2D eigenvalue weighted by Crippen LogP contribution is 2.25. The van der Waals surface area contributed by atoms with Crippen LogP contribution in [0.5, 0.6) is 11.5 Å². The number of ether oxygens (including phenoxy) is 3. The van der Waals surface area contributed by atoms with Crippen LogP contribution in [0.4, 0.5) is 4.79 Å². The predicted octanol–water partition coefficient (Wildman–Crippen LogP) is 5.41. The Hall–Kier alpha value is -3.66. The number of tetrazole rings is 1. The van der Waals surface area contributed by atoms with Gasteiger partial charge in [0, 0.05) is 10.6 Å². The minimum absolute atomic E-state index is 0.0866. The molecule has 1 atom stereocenters. The van der Waals surface area contributed by atoms with Gasteiger partial charge in [-0.25, -0.2) is 4.79 Å². The maximum atomic E-state index is 12.4. The average molecular weight is 530 g/mol.